The van der Waals surface area contributed by atoms with Gasteiger partial charge in [-0.05, 0) is 25.5 Å². The van der Waals surface area contributed by atoms with Crippen molar-refractivity contribution >= 4 is 5.91 Å². The second-order valence-corrected chi connectivity index (χ2v) is 8.39. The lowest BCUT2D eigenvalue weighted by molar-refractivity contribution is -0.0516. The number of hydrogen-bond acceptors (Lipinski definition) is 6. The van der Waals surface area contributed by atoms with E-state index in [1.165, 1.54) is 0 Å². The van der Waals surface area contributed by atoms with Gasteiger partial charge in [0.15, 0.2) is 0 Å². The Morgan fingerprint density at radius 3 is 2.57 bits per heavy atom. The molecule has 0 spiro atoms. The third-order valence-corrected chi connectivity index (χ3v) is 5.96. The summed E-state index contributed by atoms with van der Waals surface area (Å²) >= 11 is 0. The minimum absolute atomic E-state index is 0.0399. The van der Waals surface area contributed by atoms with E-state index >= 15 is 0 Å². The molecule has 3 rings (SSSR count). The van der Waals surface area contributed by atoms with Crippen LogP contribution in [0.4, 0.5) is 0 Å². The van der Waals surface area contributed by atoms with Gasteiger partial charge in [-0.25, -0.2) is 0 Å². The van der Waals surface area contributed by atoms with E-state index in [4.69, 9.17) is 9.47 Å². The molecule has 7 heteroatoms. The fourth-order valence-electron chi connectivity index (χ4n) is 3.97. The van der Waals surface area contributed by atoms with Crippen LogP contribution >= 0.6 is 0 Å². The highest BCUT2D eigenvalue weighted by molar-refractivity contribution is 5.94. The lowest BCUT2D eigenvalue weighted by Gasteiger charge is -2.37. The summed E-state index contributed by atoms with van der Waals surface area (Å²) in [5.41, 5.74) is 1.86. The molecule has 0 aliphatic carbocycles. The number of amides is 1. The van der Waals surface area contributed by atoms with E-state index < -0.39 is 0 Å². The molecular weight excluding hydrogens is 382 g/mol. The van der Waals surface area contributed by atoms with Gasteiger partial charge in [0, 0.05) is 57.9 Å². The van der Waals surface area contributed by atoms with Crippen molar-refractivity contribution in [1.82, 2.24) is 14.7 Å². The highest BCUT2D eigenvalue weighted by Gasteiger charge is 2.27. The third kappa shape index (κ3) is 7.03. The Morgan fingerprint density at radius 1 is 1.17 bits per heavy atom. The summed E-state index contributed by atoms with van der Waals surface area (Å²) in [7, 11) is 0. The number of aliphatic hydroxyl groups excluding tert-OH is 1. The van der Waals surface area contributed by atoms with E-state index in [2.05, 4.69) is 9.80 Å². The van der Waals surface area contributed by atoms with Crippen molar-refractivity contribution in [3.63, 3.8) is 0 Å². The summed E-state index contributed by atoms with van der Waals surface area (Å²) in [6.07, 6.45) is 0.400. The normalized spacial score (nSPS) is 22.0. The Labute approximate surface area is 180 Å². The summed E-state index contributed by atoms with van der Waals surface area (Å²) in [6.45, 7) is 12.3. The number of hydrogen-bond donors (Lipinski definition) is 1. The van der Waals surface area contributed by atoms with Gasteiger partial charge < -0.3 is 19.5 Å². The molecule has 2 unspecified atom stereocenters. The first-order chi connectivity index (χ1) is 14.5. The Balaban J connectivity index is 1.63. The number of aryl methyl sites for hydroxylation is 1. The number of ether oxygens (including phenoxy) is 2. The second-order valence-electron chi connectivity index (χ2n) is 8.39. The van der Waals surface area contributed by atoms with Crippen LogP contribution in [0, 0.1) is 6.92 Å². The molecule has 2 fully saturated rings. The van der Waals surface area contributed by atoms with E-state index in [9.17, 15) is 9.90 Å². The number of benzene rings is 1. The predicted molar refractivity (Wildman–Crippen MR) is 117 cm³/mol. The maximum absolute atomic E-state index is 13.3. The molecule has 2 atom stereocenters. The average molecular weight is 420 g/mol. The van der Waals surface area contributed by atoms with Crippen LogP contribution in [0.5, 0.6) is 0 Å². The number of morpholine rings is 2. The highest BCUT2D eigenvalue weighted by Crippen LogP contribution is 2.13. The van der Waals surface area contributed by atoms with Crippen LogP contribution in [-0.2, 0) is 9.47 Å². The first kappa shape index (κ1) is 23.2. The first-order valence-corrected chi connectivity index (χ1v) is 11.2. The van der Waals surface area contributed by atoms with Gasteiger partial charge in [-0.2, -0.15) is 0 Å². The van der Waals surface area contributed by atoms with Crippen molar-refractivity contribution in [2.75, 3.05) is 72.2 Å². The standard InChI is InChI=1S/C23H37N3O4/c1-3-21(27)16-25-12-15-30-22(17-25)18-26(9-8-24-10-13-29-14-11-24)23(28)20-6-4-19(2)5-7-20/h4-7,21-22,27H,3,8-18H2,1-2H3. The smallest absolute Gasteiger partial charge is 0.253 e. The van der Waals surface area contributed by atoms with Crippen molar-refractivity contribution in [1.29, 1.82) is 0 Å². The van der Waals surface area contributed by atoms with Gasteiger partial charge in [0.25, 0.3) is 5.91 Å². The van der Waals surface area contributed by atoms with Crippen LogP contribution in [0.2, 0.25) is 0 Å². The maximum Gasteiger partial charge on any atom is 0.253 e. The van der Waals surface area contributed by atoms with Gasteiger partial charge in [-0.15, -0.1) is 0 Å². The molecule has 2 aliphatic rings. The van der Waals surface area contributed by atoms with E-state index in [0.29, 0.717) is 26.2 Å². The van der Waals surface area contributed by atoms with Crippen LogP contribution in [-0.4, -0.2) is 110 Å². The average Bonchev–Trinajstić information content (AvgIpc) is 2.77. The molecule has 1 aromatic rings. The summed E-state index contributed by atoms with van der Waals surface area (Å²) in [4.78, 5) is 19.8. The summed E-state index contributed by atoms with van der Waals surface area (Å²) < 4.78 is 11.4. The molecule has 7 nitrogen and oxygen atoms in total. The Kier molecular flexibility index (Phi) is 9.08. The van der Waals surface area contributed by atoms with Crippen molar-refractivity contribution in [2.24, 2.45) is 0 Å². The molecule has 1 aromatic carbocycles. The van der Waals surface area contributed by atoms with Crippen molar-refractivity contribution < 1.29 is 19.4 Å². The van der Waals surface area contributed by atoms with Crippen LogP contribution in [0.25, 0.3) is 0 Å². The van der Waals surface area contributed by atoms with E-state index in [-0.39, 0.29) is 18.1 Å². The minimum Gasteiger partial charge on any atom is -0.392 e. The molecule has 2 aliphatic heterocycles. The zero-order valence-electron chi connectivity index (χ0n) is 18.5. The SMILES string of the molecule is CCC(O)CN1CCOC(CN(CCN2CCOCC2)C(=O)c2ccc(C)cc2)C1. The highest BCUT2D eigenvalue weighted by atomic mass is 16.5. The Morgan fingerprint density at radius 2 is 1.87 bits per heavy atom. The molecule has 2 saturated heterocycles. The summed E-state index contributed by atoms with van der Waals surface area (Å²) in [5, 5.41) is 10.0. The van der Waals surface area contributed by atoms with Crippen LogP contribution < -0.4 is 0 Å². The topological polar surface area (TPSA) is 65.5 Å². The maximum atomic E-state index is 13.3. The van der Waals surface area contributed by atoms with Crippen LogP contribution in [0.15, 0.2) is 24.3 Å². The predicted octanol–water partition coefficient (Wildman–Crippen LogP) is 1.24. The van der Waals surface area contributed by atoms with Gasteiger partial charge in [0.05, 0.1) is 32.0 Å². The summed E-state index contributed by atoms with van der Waals surface area (Å²) in [6, 6.07) is 7.78. The number of rotatable bonds is 9. The largest absolute Gasteiger partial charge is 0.392 e. The molecular formula is C23H37N3O4. The fourth-order valence-corrected chi connectivity index (χ4v) is 3.97. The Hall–Kier alpha value is -1.51. The van der Waals surface area contributed by atoms with Gasteiger partial charge in [0.2, 0.25) is 0 Å². The van der Waals surface area contributed by atoms with Crippen LogP contribution in [0.3, 0.4) is 0 Å². The molecule has 2 heterocycles. The Bertz CT molecular complexity index is 648. The monoisotopic (exact) mass is 419 g/mol. The lowest BCUT2D eigenvalue weighted by Crippen LogP contribution is -2.51. The number of nitrogens with zero attached hydrogens (tertiary/aromatic N) is 3. The lowest BCUT2D eigenvalue weighted by atomic mass is 10.1. The zero-order valence-corrected chi connectivity index (χ0v) is 18.5. The van der Waals surface area contributed by atoms with E-state index in [1.807, 2.05) is 43.0 Å². The molecule has 0 saturated carbocycles. The molecule has 0 bridgehead atoms. The molecule has 0 aromatic heterocycles. The number of aliphatic hydroxyl groups is 1. The molecule has 0 radical (unpaired) electrons. The fraction of sp³-hybridized carbons (Fsp3) is 0.696. The van der Waals surface area contributed by atoms with E-state index in [0.717, 1.165) is 63.5 Å². The van der Waals surface area contributed by atoms with Crippen molar-refractivity contribution in [3.8, 4) is 0 Å². The van der Waals surface area contributed by atoms with Gasteiger partial charge in [0.1, 0.15) is 0 Å². The number of carbonyl (C=O) groups is 1. The van der Waals surface area contributed by atoms with Gasteiger partial charge >= 0.3 is 0 Å². The summed E-state index contributed by atoms with van der Waals surface area (Å²) in [5.74, 6) is 0.0533. The minimum atomic E-state index is -0.310. The first-order valence-electron chi connectivity index (χ1n) is 11.2. The molecule has 1 N–H and O–H groups in total. The van der Waals surface area contributed by atoms with E-state index in [1.54, 1.807) is 0 Å². The zero-order chi connectivity index (χ0) is 21.3. The third-order valence-electron chi connectivity index (χ3n) is 5.96. The molecule has 30 heavy (non-hydrogen) atoms. The van der Waals surface area contributed by atoms with Crippen molar-refractivity contribution in [3.05, 3.63) is 35.4 Å². The quantitative estimate of drug-likeness (QED) is 0.650. The van der Waals surface area contributed by atoms with Gasteiger partial charge in [-0.1, -0.05) is 24.6 Å². The second kappa shape index (κ2) is 11.8. The van der Waals surface area contributed by atoms with Gasteiger partial charge in [-0.3, -0.25) is 14.6 Å². The number of carbonyl (C=O) groups excluding carboxylic acids is 1. The van der Waals surface area contributed by atoms with Crippen LogP contribution in [0.1, 0.15) is 29.3 Å². The molecule has 1 amide bonds. The number of β-amino-alcohol motifs (C(OH)–C–C–N with tert-alkyl or cyclic N) is 1. The van der Waals surface area contributed by atoms with Crippen molar-refractivity contribution in [2.45, 2.75) is 32.5 Å². The molecule has 168 valence electrons.